The van der Waals surface area contributed by atoms with Crippen LogP contribution < -0.4 is 28.0 Å². The Morgan fingerprint density at radius 2 is 1.75 bits per heavy atom. The fraction of sp³-hybridized carbons (Fsp3) is 0.316. The number of benzene rings is 3. The first-order valence-electron chi connectivity index (χ1n) is 16.6. The van der Waals surface area contributed by atoms with Crippen molar-refractivity contribution in [3.8, 4) is 22.8 Å². The summed E-state index contributed by atoms with van der Waals surface area (Å²) < 4.78 is 45.7. The third-order valence-electron chi connectivity index (χ3n) is 9.35. The minimum atomic E-state index is -4.63. The molecule has 0 spiro atoms. The third kappa shape index (κ3) is 8.02. The predicted molar refractivity (Wildman–Crippen MR) is 186 cm³/mol. The summed E-state index contributed by atoms with van der Waals surface area (Å²) in [7, 11) is 4.29. The molecule has 1 aliphatic carbocycles. The number of nitrogens with zero attached hydrogens (tertiary/aromatic N) is 6. The molecule has 0 saturated heterocycles. The average molecular weight is 763 g/mol. The highest BCUT2D eigenvalue weighted by molar-refractivity contribution is 5.83. The van der Waals surface area contributed by atoms with Gasteiger partial charge in [0.1, 0.15) is 12.2 Å². The van der Waals surface area contributed by atoms with Gasteiger partial charge in [0.2, 0.25) is 0 Å². The van der Waals surface area contributed by atoms with E-state index in [9.17, 15) is 22.8 Å². The van der Waals surface area contributed by atoms with Gasteiger partial charge in [-0.05, 0) is 55.7 Å². The lowest BCUT2D eigenvalue weighted by Crippen LogP contribution is -3.00. The molecule has 2 heterocycles. The van der Waals surface area contributed by atoms with Gasteiger partial charge in [-0.15, -0.1) is 0 Å². The summed E-state index contributed by atoms with van der Waals surface area (Å²) in [4.78, 5) is 31.7. The minimum absolute atomic E-state index is 0. The zero-order valence-electron chi connectivity index (χ0n) is 28.6. The predicted octanol–water partition coefficient (Wildman–Crippen LogP) is 4.69. The van der Waals surface area contributed by atoms with Crippen LogP contribution in [0, 0.1) is 13.5 Å². The highest BCUT2D eigenvalue weighted by atomic mass is 79.9. The van der Waals surface area contributed by atoms with Crippen LogP contribution in [-0.2, 0) is 19.1 Å². The van der Waals surface area contributed by atoms with E-state index in [0.29, 0.717) is 28.0 Å². The molecule has 0 bridgehead atoms. The van der Waals surface area contributed by atoms with Gasteiger partial charge < -0.3 is 26.8 Å². The summed E-state index contributed by atoms with van der Waals surface area (Å²) in [5.74, 6) is 0. The van der Waals surface area contributed by atoms with Crippen molar-refractivity contribution in [1.29, 1.82) is 0 Å². The Kier molecular flexibility index (Phi) is 11.1. The fourth-order valence-corrected chi connectivity index (χ4v) is 6.83. The first kappa shape index (κ1) is 37.3. The molecule has 0 unspecified atom stereocenters. The number of amides is 1. The molecule has 1 saturated carbocycles. The molecule has 6 rings (SSSR count). The molecule has 1 aliphatic rings. The Morgan fingerprint density at radius 3 is 2.43 bits per heavy atom. The molecule has 9 nitrogen and oxygen atoms in total. The van der Waals surface area contributed by atoms with Crippen molar-refractivity contribution in [2.45, 2.75) is 57.8 Å². The van der Waals surface area contributed by atoms with Crippen LogP contribution in [0.5, 0.6) is 0 Å². The maximum Gasteiger partial charge on any atom is 0.416 e. The van der Waals surface area contributed by atoms with Crippen LogP contribution in [0.3, 0.4) is 0 Å². The van der Waals surface area contributed by atoms with Gasteiger partial charge in [-0.3, -0.25) is 4.57 Å². The molecular weight excluding hydrogens is 723 g/mol. The zero-order valence-corrected chi connectivity index (χ0v) is 30.2. The second-order valence-electron chi connectivity index (χ2n) is 13.5. The van der Waals surface area contributed by atoms with Crippen molar-refractivity contribution >= 4 is 11.7 Å². The molecule has 1 amide bonds. The van der Waals surface area contributed by atoms with Crippen LogP contribution in [0.15, 0.2) is 89.9 Å². The number of nitrogens with one attached hydrogen (secondary N) is 1. The third-order valence-corrected chi connectivity index (χ3v) is 9.35. The Balaban J connectivity index is 0.00000504. The Bertz CT molecular complexity index is 2120. The van der Waals surface area contributed by atoms with Crippen LogP contribution in [0.1, 0.15) is 48.1 Å². The highest BCUT2D eigenvalue weighted by Gasteiger charge is 2.33. The zero-order chi connectivity index (χ0) is 35.6. The maximum atomic E-state index is 14.2. The summed E-state index contributed by atoms with van der Waals surface area (Å²) in [6.07, 6.45) is 0.981. The van der Waals surface area contributed by atoms with Crippen LogP contribution in [0.25, 0.3) is 27.6 Å². The summed E-state index contributed by atoms with van der Waals surface area (Å²) >= 11 is 0. The van der Waals surface area contributed by atoms with E-state index in [-0.39, 0.29) is 40.1 Å². The number of rotatable bonds is 9. The molecule has 0 radical (unpaired) electrons. The van der Waals surface area contributed by atoms with Gasteiger partial charge in [-0.1, -0.05) is 61.4 Å². The van der Waals surface area contributed by atoms with Crippen molar-refractivity contribution < 1.29 is 39.4 Å². The van der Waals surface area contributed by atoms with E-state index in [2.05, 4.69) is 41.5 Å². The Hall–Kier alpha value is -4.93. The van der Waals surface area contributed by atoms with E-state index < -0.39 is 23.5 Å². The molecule has 266 valence electrons. The SMILES string of the molecule is [Br-].[C-]#[N+]c1ccc(-n2nccc2-c2c(C)n(-c3cccc(C(F)(F)F)c3)c(=O)n2C(=O)NC2CCCC2)c(CC[N+](C)(C)Cc2ccccc2)c1. The van der Waals surface area contributed by atoms with Gasteiger partial charge in [0, 0.05) is 18.0 Å². The van der Waals surface area contributed by atoms with E-state index in [0.717, 1.165) is 65.6 Å². The molecule has 3 aromatic carbocycles. The van der Waals surface area contributed by atoms with Crippen molar-refractivity contribution in [2.75, 3.05) is 20.6 Å². The molecule has 5 aromatic rings. The lowest BCUT2D eigenvalue weighted by molar-refractivity contribution is -0.903. The van der Waals surface area contributed by atoms with Crippen LogP contribution in [0.4, 0.5) is 23.7 Å². The number of aromatic nitrogens is 4. The van der Waals surface area contributed by atoms with E-state index in [1.165, 1.54) is 17.7 Å². The topological polar surface area (TPSA) is 78.2 Å². The number of imidazole rings is 1. The summed E-state index contributed by atoms with van der Waals surface area (Å²) in [6.45, 7) is 10.8. The number of alkyl halides is 3. The van der Waals surface area contributed by atoms with Crippen molar-refractivity contribution in [2.24, 2.45) is 0 Å². The van der Waals surface area contributed by atoms with Gasteiger partial charge in [0.15, 0.2) is 5.69 Å². The lowest BCUT2D eigenvalue weighted by Gasteiger charge is -2.30. The monoisotopic (exact) mass is 761 g/mol. The van der Waals surface area contributed by atoms with E-state index in [1.807, 2.05) is 24.3 Å². The van der Waals surface area contributed by atoms with Crippen molar-refractivity contribution in [3.63, 3.8) is 0 Å². The molecule has 2 aromatic heterocycles. The Labute approximate surface area is 305 Å². The van der Waals surface area contributed by atoms with E-state index in [1.54, 1.807) is 36.0 Å². The van der Waals surface area contributed by atoms with E-state index in [4.69, 9.17) is 6.57 Å². The molecular formula is C38H39BrF3N7O2. The summed E-state index contributed by atoms with van der Waals surface area (Å²) in [5, 5.41) is 7.60. The van der Waals surface area contributed by atoms with Crippen LogP contribution in [0.2, 0.25) is 0 Å². The summed E-state index contributed by atoms with van der Waals surface area (Å²) in [5.41, 5.74) is 2.36. The van der Waals surface area contributed by atoms with Crippen molar-refractivity contribution in [1.82, 2.24) is 24.2 Å². The van der Waals surface area contributed by atoms with Crippen LogP contribution >= 0.6 is 0 Å². The molecule has 51 heavy (non-hydrogen) atoms. The Morgan fingerprint density at radius 1 is 1.02 bits per heavy atom. The average Bonchev–Trinajstić information content (AvgIpc) is 3.83. The normalized spacial score (nSPS) is 13.5. The number of carbonyl (C=O) groups is 1. The summed E-state index contributed by atoms with van der Waals surface area (Å²) in [6, 6.07) is 21.0. The molecule has 1 fully saturated rings. The van der Waals surface area contributed by atoms with Crippen LogP contribution in [-0.4, -0.2) is 56.1 Å². The second kappa shape index (κ2) is 15.1. The number of halogens is 4. The standard InChI is InChI=1S/C38H38F3N7O2.BrH/c1-26-35(46(36(49)44-30-14-8-9-15-30)37(50)45(26)32-16-10-13-29(24-32)38(39,40)41)34-19-21-43-47(34)33-18-17-31(42-2)23-28(33)20-22-48(3,4)25-27-11-6-5-7-12-27;/h5-7,10-13,16-19,21,23-24,30H,8-9,14-15,20,22,25H2,1,3-4H3;1H. The fourth-order valence-electron chi connectivity index (χ4n) is 6.83. The van der Waals surface area contributed by atoms with Crippen molar-refractivity contribution in [3.05, 3.63) is 129 Å². The number of hydrogen-bond donors (Lipinski definition) is 1. The molecule has 13 heteroatoms. The number of carbonyl (C=O) groups excluding carboxylic acids is 1. The van der Waals surface area contributed by atoms with Gasteiger partial charge in [0.25, 0.3) is 0 Å². The highest BCUT2D eigenvalue weighted by Crippen LogP contribution is 2.33. The number of quaternary nitrogens is 1. The largest absolute Gasteiger partial charge is 1.00 e. The maximum absolute atomic E-state index is 14.2. The van der Waals surface area contributed by atoms with Gasteiger partial charge in [-0.25, -0.2) is 23.7 Å². The van der Waals surface area contributed by atoms with Gasteiger partial charge >= 0.3 is 17.9 Å². The quantitative estimate of drug-likeness (QED) is 0.175. The minimum Gasteiger partial charge on any atom is -1.00 e. The first-order valence-corrected chi connectivity index (χ1v) is 16.6. The number of likely N-dealkylation sites (N-methyl/N-ethyl adjacent to an activating group) is 1. The number of hydrogen-bond acceptors (Lipinski definition) is 3. The molecule has 0 atom stereocenters. The smallest absolute Gasteiger partial charge is 0.416 e. The van der Waals surface area contributed by atoms with Gasteiger partial charge in [0.05, 0.1) is 61.7 Å². The molecule has 0 aliphatic heterocycles. The van der Waals surface area contributed by atoms with Gasteiger partial charge in [-0.2, -0.15) is 18.3 Å². The molecule has 1 N–H and O–H groups in total. The van der Waals surface area contributed by atoms with E-state index >= 15 is 0 Å². The first-order chi connectivity index (χ1) is 23.9. The second-order valence-corrected chi connectivity index (χ2v) is 13.5. The lowest BCUT2D eigenvalue weighted by atomic mass is 10.1.